The first-order chi connectivity index (χ1) is 9.30. The van der Waals surface area contributed by atoms with E-state index in [0.29, 0.717) is 0 Å². The van der Waals surface area contributed by atoms with Crippen LogP contribution in [0.25, 0.3) is 0 Å². The molecule has 2 atom stereocenters. The Hall–Kier alpha value is 0.340. The lowest BCUT2D eigenvalue weighted by Gasteiger charge is -2.27. The molecule has 1 saturated carbocycles. The number of sulfonamides is 1. The maximum absolute atomic E-state index is 12.4. The van der Waals surface area contributed by atoms with E-state index < -0.39 is 25.1 Å². The number of alkyl halides is 1. The molecule has 2 fully saturated rings. The molecule has 1 heterocycles. The second-order valence-corrected chi connectivity index (χ2v) is 11.2. The van der Waals surface area contributed by atoms with Crippen LogP contribution in [0.2, 0.25) is 0 Å². The Bertz CT molecular complexity index is 518. The smallest absolute Gasteiger partial charge is 0.214 e. The molecule has 1 N–H and O–H groups in total. The predicted octanol–water partition coefficient (Wildman–Crippen LogP) is 1.58. The summed E-state index contributed by atoms with van der Waals surface area (Å²) in [6, 6.07) is -0.0685. The first-order valence-electron chi connectivity index (χ1n) is 7.16. The average molecular weight is 388 g/mol. The molecule has 20 heavy (non-hydrogen) atoms. The van der Waals surface area contributed by atoms with E-state index >= 15 is 0 Å². The molecule has 118 valence electrons. The van der Waals surface area contributed by atoms with Crippen molar-refractivity contribution in [2.24, 2.45) is 0 Å². The Labute approximate surface area is 130 Å². The molecule has 2 aliphatic rings. The van der Waals surface area contributed by atoms with Crippen LogP contribution in [0, 0.1) is 0 Å². The fraction of sp³-hybridized carbons (Fsp3) is 1.00. The Morgan fingerprint density at radius 2 is 1.55 bits per heavy atom. The zero-order valence-electron chi connectivity index (χ0n) is 11.4. The molecule has 2 unspecified atom stereocenters. The van der Waals surface area contributed by atoms with Crippen LogP contribution < -0.4 is 4.72 Å². The van der Waals surface area contributed by atoms with Crippen LogP contribution in [0.5, 0.6) is 0 Å². The fourth-order valence-corrected chi connectivity index (χ4v) is 7.32. The van der Waals surface area contributed by atoms with Crippen molar-refractivity contribution in [1.82, 2.24) is 4.72 Å². The molecule has 0 amide bonds. The van der Waals surface area contributed by atoms with Gasteiger partial charge in [-0.1, -0.05) is 35.2 Å². The molecule has 1 aliphatic carbocycles. The van der Waals surface area contributed by atoms with E-state index in [1.54, 1.807) is 0 Å². The Kier molecular flexibility index (Phi) is 5.53. The maximum Gasteiger partial charge on any atom is 0.214 e. The summed E-state index contributed by atoms with van der Waals surface area (Å²) < 4.78 is 50.4. The van der Waals surface area contributed by atoms with Gasteiger partial charge in [-0.2, -0.15) is 0 Å². The van der Waals surface area contributed by atoms with Crippen LogP contribution >= 0.6 is 15.9 Å². The van der Waals surface area contributed by atoms with Crippen LogP contribution in [0.4, 0.5) is 0 Å². The molecule has 0 radical (unpaired) electrons. The minimum absolute atomic E-state index is 0.0129. The lowest BCUT2D eigenvalue weighted by molar-refractivity contribution is 0.503. The molecular weight excluding hydrogens is 366 g/mol. The first kappa shape index (κ1) is 16.7. The van der Waals surface area contributed by atoms with E-state index in [2.05, 4.69) is 20.7 Å². The van der Waals surface area contributed by atoms with Crippen LogP contribution in [-0.2, 0) is 19.9 Å². The third-order valence-electron chi connectivity index (χ3n) is 4.19. The van der Waals surface area contributed by atoms with Gasteiger partial charge in [-0.15, -0.1) is 0 Å². The highest BCUT2D eigenvalue weighted by Crippen LogP contribution is 2.26. The molecule has 2 rings (SSSR count). The molecule has 0 spiro atoms. The topological polar surface area (TPSA) is 80.3 Å². The van der Waals surface area contributed by atoms with Gasteiger partial charge in [0, 0.05) is 10.9 Å². The number of hydrogen-bond donors (Lipinski definition) is 1. The fourth-order valence-electron chi connectivity index (χ4n) is 2.88. The van der Waals surface area contributed by atoms with Gasteiger partial charge in [-0.3, -0.25) is 0 Å². The highest BCUT2D eigenvalue weighted by Gasteiger charge is 2.35. The van der Waals surface area contributed by atoms with Crippen LogP contribution in [0.3, 0.4) is 0 Å². The lowest BCUT2D eigenvalue weighted by Crippen LogP contribution is -2.46. The quantitative estimate of drug-likeness (QED) is 0.588. The van der Waals surface area contributed by atoms with Crippen molar-refractivity contribution in [2.75, 3.05) is 11.5 Å². The van der Waals surface area contributed by atoms with Crippen molar-refractivity contribution in [3.05, 3.63) is 0 Å². The van der Waals surface area contributed by atoms with Crippen LogP contribution in [0.1, 0.15) is 44.9 Å². The van der Waals surface area contributed by atoms with Crippen molar-refractivity contribution < 1.29 is 16.8 Å². The SMILES string of the molecule is O=S1(=O)CCC(S(=O)(=O)NC2CCCCCC2Br)CC1. The second-order valence-electron chi connectivity index (χ2n) is 5.77. The molecule has 1 saturated heterocycles. The van der Waals surface area contributed by atoms with Gasteiger partial charge in [0.05, 0.1) is 16.8 Å². The van der Waals surface area contributed by atoms with E-state index in [0.717, 1.165) is 32.1 Å². The molecule has 0 aromatic carbocycles. The lowest BCUT2D eigenvalue weighted by atomic mass is 10.1. The molecule has 0 aromatic rings. The second kappa shape index (κ2) is 6.62. The minimum atomic E-state index is -3.43. The minimum Gasteiger partial charge on any atom is -0.229 e. The summed E-state index contributed by atoms with van der Waals surface area (Å²) in [7, 11) is -6.45. The van der Waals surface area contributed by atoms with Gasteiger partial charge in [0.2, 0.25) is 10.0 Å². The highest BCUT2D eigenvalue weighted by atomic mass is 79.9. The Morgan fingerprint density at radius 1 is 0.950 bits per heavy atom. The van der Waals surface area contributed by atoms with Crippen LogP contribution in [-0.4, -0.2) is 44.5 Å². The number of nitrogens with one attached hydrogen (secondary N) is 1. The Balaban J connectivity index is 2.00. The largest absolute Gasteiger partial charge is 0.229 e. The first-order valence-corrected chi connectivity index (χ1v) is 11.4. The summed E-state index contributed by atoms with van der Waals surface area (Å²) in [5.41, 5.74) is 0. The van der Waals surface area contributed by atoms with Gasteiger partial charge in [0.25, 0.3) is 0 Å². The van der Waals surface area contributed by atoms with E-state index in [1.807, 2.05) is 0 Å². The Morgan fingerprint density at radius 3 is 2.20 bits per heavy atom. The highest BCUT2D eigenvalue weighted by molar-refractivity contribution is 9.09. The van der Waals surface area contributed by atoms with Crippen molar-refractivity contribution in [3.8, 4) is 0 Å². The summed E-state index contributed by atoms with van der Waals surface area (Å²) in [5.74, 6) is -0.0258. The van der Waals surface area contributed by atoms with Gasteiger partial charge in [0.1, 0.15) is 9.84 Å². The molecule has 8 heteroatoms. The number of hydrogen-bond acceptors (Lipinski definition) is 4. The molecule has 1 aliphatic heterocycles. The van der Waals surface area contributed by atoms with Crippen molar-refractivity contribution in [1.29, 1.82) is 0 Å². The summed E-state index contributed by atoms with van der Waals surface area (Å²) in [6.45, 7) is 0. The molecular formula is C12H22BrNO4S2. The van der Waals surface area contributed by atoms with E-state index in [-0.39, 0.29) is 35.2 Å². The van der Waals surface area contributed by atoms with Gasteiger partial charge in [-0.05, 0) is 25.7 Å². The van der Waals surface area contributed by atoms with E-state index in [9.17, 15) is 16.8 Å². The molecule has 5 nitrogen and oxygen atoms in total. The number of rotatable bonds is 3. The van der Waals surface area contributed by atoms with Crippen molar-refractivity contribution >= 4 is 35.8 Å². The van der Waals surface area contributed by atoms with Crippen molar-refractivity contribution in [2.45, 2.75) is 61.1 Å². The van der Waals surface area contributed by atoms with Crippen molar-refractivity contribution in [3.63, 3.8) is 0 Å². The number of sulfone groups is 1. The van der Waals surface area contributed by atoms with E-state index in [4.69, 9.17) is 0 Å². The third-order valence-corrected chi connectivity index (χ3v) is 8.98. The zero-order valence-corrected chi connectivity index (χ0v) is 14.6. The third kappa shape index (κ3) is 4.42. The van der Waals surface area contributed by atoms with Gasteiger partial charge in [0.15, 0.2) is 0 Å². The summed E-state index contributed by atoms with van der Waals surface area (Å²) in [4.78, 5) is 0.173. The summed E-state index contributed by atoms with van der Waals surface area (Å²) >= 11 is 3.58. The maximum atomic E-state index is 12.4. The van der Waals surface area contributed by atoms with Gasteiger partial charge in [-0.25, -0.2) is 21.6 Å². The summed E-state index contributed by atoms with van der Waals surface area (Å²) in [6.07, 6.45) is 5.56. The zero-order chi connectivity index (χ0) is 14.8. The molecule has 0 bridgehead atoms. The van der Waals surface area contributed by atoms with Gasteiger partial charge < -0.3 is 0 Å². The average Bonchev–Trinajstić information content (AvgIpc) is 2.54. The standard InChI is InChI=1S/C12H22BrNO4S2/c13-11-4-2-1-3-5-12(11)14-20(17,18)10-6-8-19(15,16)9-7-10/h10-12,14H,1-9H2. The molecule has 0 aromatic heterocycles. The van der Waals surface area contributed by atoms with Gasteiger partial charge >= 0.3 is 0 Å². The monoisotopic (exact) mass is 387 g/mol. The normalized spacial score (nSPS) is 32.6. The van der Waals surface area contributed by atoms with Crippen LogP contribution in [0.15, 0.2) is 0 Å². The number of halogens is 1. The summed E-state index contributed by atoms with van der Waals surface area (Å²) in [5, 5.41) is -0.561. The predicted molar refractivity (Wildman–Crippen MR) is 83.3 cm³/mol. The van der Waals surface area contributed by atoms with E-state index in [1.165, 1.54) is 0 Å².